The van der Waals surface area contributed by atoms with Crippen molar-refractivity contribution in [2.24, 2.45) is 0 Å². The topological polar surface area (TPSA) is 69.7 Å². The highest BCUT2D eigenvalue weighted by atomic mass is 16.5. The molecule has 0 aliphatic carbocycles. The van der Waals surface area contributed by atoms with E-state index in [4.69, 9.17) is 15.3 Å². The van der Waals surface area contributed by atoms with Gasteiger partial charge in [0.1, 0.15) is 23.4 Å². The van der Waals surface area contributed by atoms with Gasteiger partial charge in [-0.15, -0.1) is 0 Å². The molecule has 0 aliphatic heterocycles. The van der Waals surface area contributed by atoms with Crippen molar-refractivity contribution in [3.8, 4) is 18.0 Å². The fraction of sp³-hybridized carbons (Fsp3) is 0.125. The number of methoxy groups -OCH3 is 1. The lowest BCUT2D eigenvalue weighted by Crippen LogP contribution is -1.93. The number of rotatable bonds is 1. The maximum Gasteiger partial charge on any atom is 0.232 e. The minimum absolute atomic E-state index is 0.191. The maximum absolute atomic E-state index is 8.56. The summed E-state index contributed by atoms with van der Waals surface area (Å²) in [5.74, 6) is 0.191. The van der Waals surface area contributed by atoms with Gasteiger partial charge in [-0.1, -0.05) is 0 Å². The molecule has 1 aromatic heterocycles. The Balaban J connectivity index is 3.24. The summed E-state index contributed by atoms with van der Waals surface area (Å²) in [4.78, 5) is 3.77. The molecule has 0 spiro atoms. The first kappa shape index (κ1) is 8.03. The van der Waals surface area contributed by atoms with E-state index in [1.165, 1.54) is 19.2 Å². The fourth-order valence-corrected chi connectivity index (χ4v) is 0.743. The van der Waals surface area contributed by atoms with Crippen LogP contribution in [0.1, 0.15) is 11.3 Å². The minimum Gasteiger partial charge on any atom is -0.480 e. The Kier molecular flexibility index (Phi) is 2.25. The van der Waals surface area contributed by atoms with Gasteiger partial charge in [-0.05, 0) is 12.1 Å². The molecule has 0 fully saturated rings. The smallest absolute Gasteiger partial charge is 0.232 e. The van der Waals surface area contributed by atoms with Crippen molar-refractivity contribution < 1.29 is 4.74 Å². The predicted molar refractivity (Wildman–Crippen MR) is 40.2 cm³/mol. The Morgan fingerprint density at radius 1 is 1.33 bits per heavy atom. The molecule has 0 amide bonds. The zero-order chi connectivity index (χ0) is 8.97. The monoisotopic (exact) mass is 159 g/mol. The molecule has 12 heavy (non-hydrogen) atoms. The molecule has 0 atom stereocenters. The first-order valence-electron chi connectivity index (χ1n) is 3.17. The van der Waals surface area contributed by atoms with Gasteiger partial charge in [0.15, 0.2) is 0 Å². The molecule has 1 aromatic rings. The Hall–Kier alpha value is -2.07. The van der Waals surface area contributed by atoms with E-state index in [2.05, 4.69) is 4.98 Å². The number of ether oxygens (including phenoxy) is 1. The van der Waals surface area contributed by atoms with E-state index < -0.39 is 0 Å². The van der Waals surface area contributed by atoms with Gasteiger partial charge in [-0.25, -0.2) is 4.98 Å². The van der Waals surface area contributed by atoms with E-state index >= 15 is 0 Å². The zero-order valence-corrected chi connectivity index (χ0v) is 6.40. The van der Waals surface area contributed by atoms with E-state index in [1.54, 1.807) is 0 Å². The first-order valence-corrected chi connectivity index (χ1v) is 3.17. The van der Waals surface area contributed by atoms with E-state index in [0.717, 1.165) is 0 Å². The molecule has 0 bridgehead atoms. The molecule has 0 radical (unpaired) electrons. The molecule has 0 aromatic carbocycles. The first-order chi connectivity index (χ1) is 5.81. The largest absolute Gasteiger partial charge is 0.480 e. The van der Waals surface area contributed by atoms with Gasteiger partial charge < -0.3 is 4.74 Å². The van der Waals surface area contributed by atoms with Crippen LogP contribution in [-0.2, 0) is 0 Å². The number of pyridine rings is 1. The molecule has 0 N–H and O–H groups in total. The number of nitriles is 2. The quantitative estimate of drug-likeness (QED) is 0.608. The maximum atomic E-state index is 8.56. The lowest BCUT2D eigenvalue weighted by Gasteiger charge is -1.99. The summed E-state index contributed by atoms with van der Waals surface area (Å²) in [6.45, 7) is 0. The zero-order valence-electron chi connectivity index (χ0n) is 6.40. The standard InChI is InChI=1S/C8H5N3O/c1-12-8-6(4-9)2-3-7(5-10)11-8/h2-3H,1H3. The summed E-state index contributed by atoms with van der Waals surface area (Å²) >= 11 is 0. The van der Waals surface area contributed by atoms with Crippen LogP contribution < -0.4 is 4.74 Å². The van der Waals surface area contributed by atoms with Gasteiger partial charge in [0.25, 0.3) is 0 Å². The predicted octanol–water partition coefficient (Wildman–Crippen LogP) is 0.834. The molecule has 0 unspecified atom stereocenters. The second-order valence-corrected chi connectivity index (χ2v) is 1.98. The van der Waals surface area contributed by atoms with E-state index in [9.17, 15) is 0 Å². The highest BCUT2D eigenvalue weighted by molar-refractivity contribution is 5.40. The fourth-order valence-electron chi connectivity index (χ4n) is 0.743. The van der Waals surface area contributed by atoms with Gasteiger partial charge in [0.2, 0.25) is 5.88 Å². The SMILES string of the molecule is COc1nc(C#N)ccc1C#N. The number of nitrogens with zero attached hydrogens (tertiary/aromatic N) is 3. The van der Waals surface area contributed by atoms with Crippen molar-refractivity contribution in [1.82, 2.24) is 4.98 Å². The van der Waals surface area contributed by atoms with Crippen LogP contribution in [0.2, 0.25) is 0 Å². The molecule has 0 saturated heterocycles. The molecule has 4 heteroatoms. The van der Waals surface area contributed by atoms with Gasteiger partial charge in [-0.2, -0.15) is 10.5 Å². The highest BCUT2D eigenvalue weighted by Gasteiger charge is 2.03. The van der Waals surface area contributed by atoms with Crippen LogP contribution in [0.5, 0.6) is 5.88 Å². The molecular formula is C8H5N3O. The number of hydrogen-bond acceptors (Lipinski definition) is 4. The van der Waals surface area contributed by atoms with Gasteiger partial charge in [0.05, 0.1) is 7.11 Å². The summed E-state index contributed by atoms with van der Waals surface area (Å²) in [6, 6.07) is 6.73. The molecule has 1 heterocycles. The van der Waals surface area contributed by atoms with Crippen LogP contribution in [0.25, 0.3) is 0 Å². The molecular weight excluding hydrogens is 154 g/mol. The summed E-state index contributed by atoms with van der Waals surface area (Å²) in [5.41, 5.74) is 0.572. The third kappa shape index (κ3) is 1.33. The number of hydrogen-bond donors (Lipinski definition) is 0. The van der Waals surface area contributed by atoms with E-state index in [1.807, 2.05) is 12.1 Å². The second kappa shape index (κ2) is 3.36. The Bertz CT molecular complexity index is 373. The van der Waals surface area contributed by atoms with Crippen LogP contribution in [-0.4, -0.2) is 12.1 Å². The average molecular weight is 159 g/mol. The van der Waals surface area contributed by atoms with Crippen LogP contribution in [0.3, 0.4) is 0 Å². The van der Waals surface area contributed by atoms with Crippen molar-refractivity contribution in [3.63, 3.8) is 0 Å². The molecule has 0 saturated carbocycles. The Morgan fingerprint density at radius 3 is 2.58 bits per heavy atom. The van der Waals surface area contributed by atoms with Crippen LogP contribution in [0.4, 0.5) is 0 Å². The van der Waals surface area contributed by atoms with Gasteiger partial charge in [0, 0.05) is 0 Å². The third-order valence-corrected chi connectivity index (χ3v) is 1.29. The van der Waals surface area contributed by atoms with Crippen molar-refractivity contribution >= 4 is 0 Å². The molecule has 0 aliphatic rings. The van der Waals surface area contributed by atoms with Crippen LogP contribution in [0, 0.1) is 22.7 Å². The summed E-state index contributed by atoms with van der Waals surface area (Å²) < 4.78 is 4.79. The average Bonchev–Trinajstić information content (AvgIpc) is 2.16. The van der Waals surface area contributed by atoms with Crippen LogP contribution in [0.15, 0.2) is 12.1 Å². The summed E-state index contributed by atoms with van der Waals surface area (Å²) in [5, 5.41) is 17.0. The van der Waals surface area contributed by atoms with Crippen molar-refractivity contribution in [1.29, 1.82) is 10.5 Å². The van der Waals surface area contributed by atoms with Crippen molar-refractivity contribution in [2.45, 2.75) is 0 Å². The van der Waals surface area contributed by atoms with Crippen LogP contribution >= 0.6 is 0 Å². The van der Waals surface area contributed by atoms with Gasteiger partial charge in [-0.3, -0.25) is 0 Å². The molecule has 1 rings (SSSR count). The summed E-state index contributed by atoms with van der Waals surface area (Å²) in [7, 11) is 1.41. The molecule has 58 valence electrons. The van der Waals surface area contributed by atoms with E-state index in [0.29, 0.717) is 5.56 Å². The van der Waals surface area contributed by atoms with E-state index in [-0.39, 0.29) is 11.6 Å². The Morgan fingerprint density at radius 2 is 2.08 bits per heavy atom. The minimum atomic E-state index is 0.191. The lowest BCUT2D eigenvalue weighted by molar-refractivity contribution is 0.396. The van der Waals surface area contributed by atoms with Crippen molar-refractivity contribution in [3.05, 3.63) is 23.4 Å². The lowest BCUT2D eigenvalue weighted by atomic mass is 10.2. The number of aromatic nitrogens is 1. The molecule has 4 nitrogen and oxygen atoms in total. The second-order valence-electron chi connectivity index (χ2n) is 1.98. The normalized spacial score (nSPS) is 8.25. The van der Waals surface area contributed by atoms with Gasteiger partial charge >= 0.3 is 0 Å². The highest BCUT2D eigenvalue weighted by Crippen LogP contribution is 2.13. The van der Waals surface area contributed by atoms with Crippen molar-refractivity contribution in [2.75, 3.05) is 7.11 Å². The summed E-state index contributed by atoms with van der Waals surface area (Å²) in [6.07, 6.45) is 0. The Labute approximate surface area is 69.6 Å². The third-order valence-electron chi connectivity index (χ3n) is 1.29.